The van der Waals surface area contributed by atoms with Crippen LogP contribution in [0.5, 0.6) is 0 Å². The van der Waals surface area contributed by atoms with E-state index in [0.29, 0.717) is 11.1 Å². The summed E-state index contributed by atoms with van der Waals surface area (Å²) < 4.78 is 30.8. The normalized spacial score (nSPS) is 13.8. The lowest BCUT2D eigenvalue weighted by Crippen LogP contribution is -2.19. The summed E-state index contributed by atoms with van der Waals surface area (Å²) >= 11 is 1.38. The zero-order valence-corrected chi connectivity index (χ0v) is 9.22. The largest absolute Gasteiger partial charge is 0.448 e. The van der Waals surface area contributed by atoms with Crippen LogP contribution in [0, 0.1) is 0 Å². The Hall–Kier alpha value is -1.37. The molecular weight excluding hydrogens is 291 g/mol. The Balaban J connectivity index is 0.000000221. The fourth-order valence-electron chi connectivity index (χ4n) is 1.12. The van der Waals surface area contributed by atoms with Gasteiger partial charge >= 0.3 is 5.09 Å². The second-order valence-electron chi connectivity index (χ2n) is 2.76. The first-order valence-electron chi connectivity index (χ1n) is 3.99. The highest BCUT2D eigenvalue weighted by molar-refractivity contribution is 9.09. The number of carbonyl (C=O) groups excluding carboxylic acids is 2. The van der Waals surface area contributed by atoms with Gasteiger partial charge < -0.3 is 0 Å². The van der Waals surface area contributed by atoms with Crippen LogP contribution in [0.2, 0.25) is 0 Å². The second kappa shape index (κ2) is 4.65. The van der Waals surface area contributed by atoms with Crippen molar-refractivity contribution in [2.24, 2.45) is 0 Å². The quantitative estimate of drug-likeness (QED) is 0.590. The summed E-state index contributed by atoms with van der Waals surface area (Å²) in [4.78, 5) is 21.9. The zero-order chi connectivity index (χ0) is 12.3. The van der Waals surface area contributed by atoms with Crippen molar-refractivity contribution in [2.75, 3.05) is 0 Å². The van der Waals surface area contributed by atoms with E-state index in [2.05, 4.69) is 5.32 Å². The maximum Gasteiger partial charge on any atom is 0.448 e. The van der Waals surface area contributed by atoms with E-state index in [9.17, 15) is 22.8 Å². The summed E-state index contributed by atoms with van der Waals surface area (Å²) in [6.45, 7) is 0. The number of alkyl halides is 4. The Morgan fingerprint density at radius 3 is 1.62 bits per heavy atom. The minimum Gasteiger partial charge on any atom is -0.288 e. The van der Waals surface area contributed by atoms with Gasteiger partial charge in [-0.15, -0.1) is 0 Å². The average molecular weight is 296 g/mol. The molecule has 16 heavy (non-hydrogen) atoms. The predicted octanol–water partition coefficient (Wildman–Crippen LogP) is 2.47. The molecule has 0 radical (unpaired) electrons. The molecule has 1 N–H and O–H groups in total. The fourth-order valence-corrected chi connectivity index (χ4v) is 1.12. The fraction of sp³-hybridized carbons (Fsp3) is 0.111. The molecule has 86 valence electrons. The Morgan fingerprint density at radius 1 is 1.00 bits per heavy atom. The Labute approximate surface area is 96.8 Å². The lowest BCUT2D eigenvalue weighted by molar-refractivity contribution is -0.0245. The Bertz CT molecular complexity index is 392. The van der Waals surface area contributed by atoms with Gasteiger partial charge in [0.1, 0.15) is 0 Å². The molecule has 0 atom stereocenters. The molecule has 0 fully saturated rings. The number of carbonyl (C=O) groups is 2. The van der Waals surface area contributed by atoms with Gasteiger partial charge in [0.05, 0.1) is 11.1 Å². The first kappa shape index (κ1) is 12.7. The van der Waals surface area contributed by atoms with Crippen molar-refractivity contribution in [3.8, 4) is 0 Å². The molecule has 2 amide bonds. The summed E-state index contributed by atoms with van der Waals surface area (Å²) in [7, 11) is 0. The molecular formula is C9H5BrF3NO2. The van der Waals surface area contributed by atoms with Gasteiger partial charge in [-0.25, -0.2) is 0 Å². The van der Waals surface area contributed by atoms with Gasteiger partial charge in [-0.3, -0.25) is 14.9 Å². The third kappa shape index (κ3) is 3.65. The molecule has 0 bridgehead atoms. The first-order valence-corrected chi connectivity index (χ1v) is 4.78. The Morgan fingerprint density at radius 2 is 1.31 bits per heavy atom. The number of amides is 2. The number of imide groups is 1. The highest BCUT2D eigenvalue weighted by atomic mass is 79.9. The smallest absolute Gasteiger partial charge is 0.288 e. The number of rotatable bonds is 0. The summed E-state index contributed by atoms with van der Waals surface area (Å²) in [6, 6.07) is 6.74. The van der Waals surface area contributed by atoms with Crippen LogP contribution in [-0.4, -0.2) is 16.9 Å². The van der Waals surface area contributed by atoms with Crippen LogP contribution in [0.4, 0.5) is 13.2 Å². The third-order valence-corrected chi connectivity index (χ3v) is 1.64. The lowest BCUT2D eigenvalue weighted by Gasteiger charge is -1.88. The Kier molecular flexibility index (Phi) is 3.69. The third-order valence-electron chi connectivity index (χ3n) is 1.64. The van der Waals surface area contributed by atoms with Crippen LogP contribution in [0.3, 0.4) is 0 Å². The second-order valence-corrected chi connectivity index (χ2v) is 3.66. The van der Waals surface area contributed by atoms with Crippen LogP contribution in [-0.2, 0) is 0 Å². The molecule has 0 unspecified atom stereocenters. The number of hydrogen-bond acceptors (Lipinski definition) is 2. The number of nitrogens with one attached hydrogen (secondary N) is 1. The standard InChI is InChI=1S/C8H5NO2.CBrF3/c10-7-5-3-1-2-4-6(5)8(11)9-7;2-1(3,4)5/h1-4H,(H,9,10,11);. The van der Waals surface area contributed by atoms with Crippen molar-refractivity contribution in [3.05, 3.63) is 35.4 Å². The molecule has 0 saturated heterocycles. The van der Waals surface area contributed by atoms with E-state index in [0.717, 1.165) is 0 Å². The van der Waals surface area contributed by atoms with Gasteiger partial charge in [0, 0.05) is 15.9 Å². The maximum absolute atomic E-state index is 10.9. The zero-order valence-electron chi connectivity index (χ0n) is 7.64. The van der Waals surface area contributed by atoms with Gasteiger partial charge in [-0.2, -0.15) is 13.2 Å². The van der Waals surface area contributed by atoms with E-state index in [1.807, 2.05) is 0 Å². The van der Waals surface area contributed by atoms with E-state index >= 15 is 0 Å². The molecule has 1 aromatic rings. The highest BCUT2D eigenvalue weighted by Gasteiger charge is 2.25. The predicted molar refractivity (Wildman–Crippen MR) is 53.2 cm³/mol. The van der Waals surface area contributed by atoms with Crippen LogP contribution >= 0.6 is 15.9 Å². The molecule has 7 heteroatoms. The SMILES string of the molecule is FC(F)(F)Br.O=C1NC(=O)c2ccccc21. The summed E-state index contributed by atoms with van der Waals surface area (Å²) in [5, 5.41) is -1.98. The summed E-state index contributed by atoms with van der Waals surface area (Å²) in [5.74, 6) is -0.601. The van der Waals surface area contributed by atoms with Gasteiger partial charge in [0.15, 0.2) is 0 Å². The van der Waals surface area contributed by atoms with Crippen molar-refractivity contribution in [1.29, 1.82) is 0 Å². The number of benzene rings is 1. The molecule has 0 aliphatic carbocycles. The van der Waals surface area contributed by atoms with Gasteiger partial charge in [0.25, 0.3) is 11.8 Å². The molecule has 3 nitrogen and oxygen atoms in total. The molecule has 0 spiro atoms. The number of fused-ring (bicyclic) bond motifs is 1. The van der Waals surface area contributed by atoms with Crippen LogP contribution in [0.15, 0.2) is 24.3 Å². The molecule has 0 saturated carbocycles. The number of halogens is 4. The highest BCUT2D eigenvalue weighted by Crippen LogP contribution is 2.21. The molecule has 1 aliphatic heterocycles. The van der Waals surface area contributed by atoms with Crippen molar-refractivity contribution in [1.82, 2.24) is 5.32 Å². The molecule has 1 aliphatic rings. The minimum atomic E-state index is -4.19. The molecule has 2 rings (SSSR count). The van der Waals surface area contributed by atoms with E-state index in [4.69, 9.17) is 0 Å². The molecule has 0 aromatic heterocycles. The van der Waals surface area contributed by atoms with Crippen LogP contribution in [0.1, 0.15) is 20.7 Å². The molecule has 1 heterocycles. The van der Waals surface area contributed by atoms with Crippen molar-refractivity contribution in [2.45, 2.75) is 5.09 Å². The summed E-state index contributed by atoms with van der Waals surface area (Å²) in [5.41, 5.74) is 0.940. The van der Waals surface area contributed by atoms with Gasteiger partial charge in [-0.1, -0.05) is 12.1 Å². The van der Waals surface area contributed by atoms with Gasteiger partial charge in [0.2, 0.25) is 0 Å². The average Bonchev–Trinajstić information content (AvgIpc) is 2.41. The molecule has 1 aromatic carbocycles. The topological polar surface area (TPSA) is 46.2 Å². The van der Waals surface area contributed by atoms with Crippen molar-refractivity contribution >= 4 is 27.7 Å². The van der Waals surface area contributed by atoms with E-state index < -0.39 is 5.09 Å². The van der Waals surface area contributed by atoms with E-state index in [1.165, 1.54) is 15.9 Å². The van der Waals surface area contributed by atoms with E-state index in [-0.39, 0.29) is 11.8 Å². The first-order chi connectivity index (χ1) is 7.29. The maximum atomic E-state index is 10.9. The van der Waals surface area contributed by atoms with E-state index in [1.54, 1.807) is 24.3 Å². The minimum absolute atomic E-state index is 0.300. The van der Waals surface area contributed by atoms with Crippen LogP contribution < -0.4 is 5.32 Å². The van der Waals surface area contributed by atoms with Crippen LogP contribution in [0.25, 0.3) is 0 Å². The number of hydrogen-bond donors (Lipinski definition) is 1. The van der Waals surface area contributed by atoms with Crippen molar-refractivity contribution in [3.63, 3.8) is 0 Å². The van der Waals surface area contributed by atoms with Gasteiger partial charge in [-0.05, 0) is 12.1 Å². The summed E-state index contributed by atoms with van der Waals surface area (Å²) in [6.07, 6.45) is 0. The van der Waals surface area contributed by atoms with Crippen molar-refractivity contribution < 1.29 is 22.8 Å². The lowest BCUT2D eigenvalue weighted by atomic mass is 10.1. The monoisotopic (exact) mass is 295 g/mol.